The van der Waals surface area contributed by atoms with Gasteiger partial charge in [-0.3, -0.25) is 10.1 Å². The summed E-state index contributed by atoms with van der Waals surface area (Å²) in [6, 6.07) is 11.9. The summed E-state index contributed by atoms with van der Waals surface area (Å²) < 4.78 is 7.54. The molecule has 0 aliphatic heterocycles. The maximum absolute atomic E-state index is 10.8. The van der Waals surface area contributed by atoms with E-state index in [1.54, 1.807) is 18.2 Å². The average Bonchev–Trinajstić information content (AvgIpc) is 2.73. The summed E-state index contributed by atoms with van der Waals surface area (Å²) >= 11 is 7.11. The van der Waals surface area contributed by atoms with Gasteiger partial charge in [-0.2, -0.15) is 5.26 Å². The van der Waals surface area contributed by atoms with Crippen LogP contribution in [0.15, 0.2) is 45.3 Å². The molecule has 0 saturated heterocycles. The van der Waals surface area contributed by atoms with Crippen LogP contribution in [0.5, 0.6) is 5.75 Å². The van der Waals surface area contributed by atoms with Crippen molar-refractivity contribution in [2.24, 2.45) is 0 Å². The zero-order chi connectivity index (χ0) is 21.9. The van der Waals surface area contributed by atoms with Gasteiger partial charge in [-0.15, -0.1) is 0 Å². The third kappa shape index (κ3) is 7.26. The van der Waals surface area contributed by atoms with Crippen molar-refractivity contribution in [1.29, 1.82) is 5.26 Å². The monoisotopic (exact) mass is 534 g/mol. The summed E-state index contributed by atoms with van der Waals surface area (Å²) in [7, 11) is 0. The van der Waals surface area contributed by atoms with Gasteiger partial charge in [0.2, 0.25) is 0 Å². The van der Waals surface area contributed by atoms with Gasteiger partial charge in [0.05, 0.1) is 32.1 Å². The van der Waals surface area contributed by atoms with Crippen LogP contribution in [0.1, 0.15) is 56.6 Å². The molecular formula is C23H24Br2N2O3. The molecule has 158 valence electrons. The highest BCUT2D eigenvalue weighted by molar-refractivity contribution is 9.11. The number of halogens is 2. The molecule has 0 radical (unpaired) electrons. The second kappa shape index (κ2) is 12.5. The number of non-ortho nitro benzene ring substituents is 1. The predicted octanol–water partition coefficient (Wildman–Crippen LogP) is 7.92. The SMILES string of the molecule is CCCCCCCCOc1c(Br)cc(/C=C(\C#N)c2ccc([N+](=O)[O-])cc2)cc1Br. The molecule has 0 unspecified atom stereocenters. The van der Waals surface area contributed by atoms with Crippen molar-refractivity contribution >= 4 is 49.2 Å². The standard InChI is InChI=1S/C23H24Br2N2O3/c1-2-3-4-5-6-7-12-30-23-21(24)14-17(15-22(23)25)13-19(16-26)18-8-10-20(11-9-18)27(28)29/h8-11,13-15H,2-7,12H2,1H3/b19-13+. The summed E-state index contributed by atoms with van der Waals surface area (Å²) in [6.45, 7) is 2.87. The lowest BCUT2D eigenvalue weighted by Gasteiger charge is -2.11. The van der Waals surface area contributed by atoms with E-state index >= 15 is 0 Å². The van der Waals surface area contributed by atoms with Crippen LogP contribution in [0.2, 0.25) is 0 Å². The molecule has 2 aromatic rings. The normalized spacial score (nSPS) is 11.2. The number of rotatable bonds is 11. The number of ether oxygens (including phenoxy) is 1. The molecule has 0 aromatic heterocycles. The lowest BCUT2D eigenvalue weighted by atomic mass is 10.0. The maximum Gasteiger partial charge on any atom is 0.269 e. The fourth-order valence-electron chi connectivity index (χ4n) is 2.97. The van der Waals surface area contributed by atoms with Gasteiger partial charge in [0.25, 0.3) is 5.69 Å². The zero-order valence-electron chi connectivity index (χ0n) is 16.9. The number of nitrogens with zero attached hydrogens (tertiary/aromatic N) is 2. The molecule has 0 saturated carbocycles. The number of nitro benzene ring substituents is 1. The molecule has 30 heavy (non-hydrogen) atoms. The second-order valence-electron chi connectivity index (χ2n) is 6.90. The van der Waals surface area contributed by atoms with E-state index in [1.807, 2.05) is 12.1 Å². The Bertz CT molecular complexity index is 911. The highest BCUT2D eigenvalue weighted by Gasteiger charge is 2.11. The second-order valence-corrected chi connectivity index (χ2v) is 8.61. The van der Waals surface area contributed by atoms with E-state index in [0.29, 0.717) is 17.7 Å². The highest BCUT2D eigenvalue weighted by atomic mass is 79.9. The Morgan fingerprint density at radius 1 is 1.10 bits per heavy atom. The van der Waals surface area contributed by atoms with Crippen LogP contribution in [0.25, 0.3) is 11.6 Å². The lowest BCUT2D eigenvalue weighted by Crippen LogP contribution is -1.99. The Kier molecular flexibility index (Phi) is 10.0. The molecular weight excluding hydrogens is 512 g/mol. The fourth-order valence-corrected chi connectivity index (χ4v) is 4.42. The Hall–Kier alpha value is -2.17. The van der Waals surface area contributed by atoms with Crippen LogP contribution in [0, 0.1) is 21.4 Å². The van der Waals surface area contributed by atoms with Crippen molar-refractivity contribution < 1.29 is 9.66 Å². The number of unbranched alkanes of at least 4 members (excludes halogenated alkanes) is 5. The third-order valence-electron chi connectivity index (χ3n) is 4.59. The summed E-state index contributed by atoms with van der Waals surface area (Å²) in [4.78, 5) is 10.3. The molecule has 0 heterocycles. The van der Waals surface area contributed by atoms with Crippen molar-refractivity contribution in [1.82, 2.24) is 0 Å². The van der Waals surface area contributed by atoms with Gasteiger partial charge in [-0.25, -0.2) is 0 Å². The molecule has 0 amide bonds. The molecule has 2 aromatic carbocycles. The van der Waals surface area contributed by atoms with Crippen LogP contribution in [-0.2, 0) is 0 Å². The minimum atomic E-state index is -0.461. The first kappa shape index (κ1) is 24.1. The fraction of sp³-hybridized carbons (Fsp3) is 0.348. The van der Waals surface area contributed by atoms with Crippen LogP contribution >= 0.6 is 31.9 Å². The molecule has 5 nitrogen and oxygen atoms in total. The molecule has 0 N–H and O–H groups in total. The molecule has 7 heteroatoms. The largest absolute Gasteiger partial charge is 0.491 e. The molecule has 2 rings (SSSR count). The van der Waals surface area contributed by atoms with E-state index in [1.165, 1.54) is 37.8 Å². The number of hydrogen-bond acceptors (Lipinski definition) is 4. The van der Waals surface area contributed by atoms with E-state index in [9.17, 15) is 15.4 Å². The first-order valence-electron chi connectivity index (χ1n) is 9.94. The minimum Gasteiger partial charge on any atom is -0.491 e. The Balaban J connectivity index is 2.07. The molecule has 0 atom stereocenters. The van der Waals surface area contributed by atoms with Crippen molar-refractivity contribution in [2.45, 2.75) is 45.4 Å². The minimum absolute atomic E-state index is 0.00612. The van der Waals surface area contributed by atoms with Crippen molar-refractivity contribution in [3.05, 3.63) is 66.6 Å². The number of allylic oxidation sites excluding steroid dienone is 1. The number of nitriles is 1. The smallest absolute Gasteiger partial charge is 0.269 e. The number of hydrogen-bond donors (Lipinski definition) is 0. The van der Waals surface area contributed by atoms with Gasteiger partial charge >= 0.3 is 0 Å². The van der Waals surface area contributed by atoms with Crippen molar-refractivity contribution in [3.8, 4) is 11.8 Å². The first-order chi connectivity index (χ1) is 14.5. The van der Waals surface area contributed by atoms with Crippen LogP contribution in [0.4, 0.5) is 5.69 Å². The quantitative estimate of drug-likeness (QED) is 0.0962. The third-order valence-corrected chi connectivity index (χ3v) is 5.76. The van der Waals surface area contributed by atoms with E-state index in [4.69, 9.17) is 4.74 Å². The molecule has 0 fully saturated rings. The molecule has 0 aliphatic rings. The summed E-state index contributed by atoms with van der Waals surface area (Å²) in [5, 5.41) is 20.3. The van der Waals surface area contributed by atoms with Crippen molar-refractivity contribution in [3.63, 3.8) is 0 Å². The van der Waals surface area contributed by atoms with Crippen LogP contribution in [0.3, 0.4) is 0 Å². The molecule has 0 bridgehead atoms. The van der Waals surface area contributed by atoms with Crippen LogP contribution < -0.4 is 4.74 Å². The molecule has 0 spiro atoms. The highest BCUT2D eigenvalue weighted by Crippen LogP contribution is 2.36. The van der Waals surface area contributed by atoms with Gasteiger partial charge in [0.15, 0.2) is 0 Å². The average molecular weight is 536 g/mol. The van der Waals surface area contributed by atoms with E-state index in [2.05, 4.69) is 44.9 Å². The zero-order valence-corrected chi connectivity index (χ0v) is 20.0. The number of nitro groups is 1. The van der Waals surface area contributed by atoms with E-state index in [-0.39, 0.29) is 5.69 Å². The summed E-state index contributed by atoms with van der Waals surface area (Å²) in [6.07, 6.45) is 8.98. The van der Waals surface area contributed by atoms with Gasteiger partial charge < -0.3 is 4.74 Å². The Morgan fingerprint density at radius 2 is 1.70 bits per heavy atom. The molecule has 0 aliphatic carbocycles. The topological polar surface area (TPSA) is 76.2 Å². The van der Waals surface area contributed by atoms with Gasteiger partial charge in [0.1, 0.15) is 5.75 Å². The van der Waals surface area contributed by atoms with Gasteiger partial charge in [-0.05, 0) is 79.7 Å². The summed E-state index contributed by atoms with van der Waals surface area (Å²) in [5.41, 5.74) is 1.85. The number of benzene rings is 2. The van der Waals surface area contributed by atoms with Crippen molar-refractivity contribution in [2.75, 3.05) is 6.61 Å². The Labute approximate surface area is 194 Å². The lowest BCUT2D eigenvalue weighted by molar-refractivity contribution is -0.384. The van der Waals surface area contributed by atoms with Gasteiger partial charge in [-0.1, -0.05) is 39.0 Å². The Morgan fingerprint density at radius 3 is 2.27 bits per heavy atom. The van der Waals surface area contributed by atoms with E-state index in [0.717, 1.165) is 33.1 Å². The van der Waals surface area contributed by atoms with Crippen LogP contribution in [-0.4, -0.2) is 11.5 Å². The maximum atomic E-state index is 10.8. The first-order valence-corrected chi connectivity index (χ1v) is 11.5. The van der Waals surface area contributed by atoms with E-state index < -0.39 is 4.92 Å². The van der Waals surface area contributed by atoms with Gasteiger partial charge in [0, 0.05) is 12.1 Å². The predicted molar refractivity (Wildman–Crippen MR) is 127 cm³/mol. The summed E-state index contributed by atoms with van der Waals surface area (Å²) in [5.74, 6) is 0.745.